The van der Waals surface area contributed by atoms with Gasteiger partial charge in [-0.05, 0) is 47.8 Å². The number of hydrogen-bond donors (Lipinski definition) is 0. The minimum absolute atomic E-state index is 0.307. The van der Waals surface area contributed by atoms with Crippen molar-refractivity contribution in [2.24, 2.45) is 0 Å². The average Bonchev–Trinajstić information content (AvgIpc) is 2.63. The molecule has 1 aromatic rings. The molecule has 0 amide bonds. The van der Waals surface area contributed by atoms with E-state index in [0.717, 1.165) is 5.33 Å². The standard InChI is InChI=1S/C14H19Br/c1-14(2,8-9-15)13-7-6-11-4-3-5-12(11)10-13/h6-7,10H,3-5,8-9H2,1-2H3. The monoisotopic (exact) mass is 266 g/mol. The van der Waals surface area contributed by atoms with Crippen LogP contribution in [0.2, 0.25) is 0 Å². The van der Waals surface area contributed by atoms with Crippen LogP contribution in [0.4, 0.5) is 0 Å². The molecule has 0 N–H and O–H groups in total. The van der Waals surface area contributed by atoms with Crippen LogP contribution >= 0.6 is 15.9 Å². The van der Waals surface area contributed by atoms with Crippen LogP contribution in [0.1, 0.15) is 43.4 Å². The Hall–Kier alpha value is -0.300. The molecule has 0 aliphatic heterocycles. The number of hydrogen-bond acceptors (Lipinski definition) is 0. The normalized spacial score (nSPS) is 15.4. The van der Waals surface area contributed by atoms with Crippen LogP contribution in [-0.4, -0.2) is 5.33 Å². The van der Waals surface area contributed by atoms with Crippen LogP contribution in [0.3, 0.4) is 0 Å². The fourth-order valence-corrected chi connectivity index (χ4v) is 3.36. The Morgan fingerprint density at radius 2 is 1.93 bits per heavy atom. The Labute approximate surface area is 101 Å². The lowest BCUT2D eigenvalue weighted by atomic mass is 9.81. The third-order valence-electron chi connectivity index (χ3n) is 3.60. The summed E-state index contributed by atoms with van der Waals surface area (Å²) in [6, 6.07) is 7.10. The van der Waals surface area contributed by atoms with Gasteiger partial charge in [0.05, 0.1) is 0 Å². The molecule has 0 unspecified atom stereocenters. The van der Waals surface area contributed by atoms with E-state index < -0.39 is 0 Å². The number of aryl methyl sites for hydroxylation is 2. The Morgan fingerprint density at radius 1 is 1.20 bits per heavy atom. The van der Waals surface area contributed by atoms with Crippen LogP contribution in [0.25, 0.3) is 0 Å². The number of halogens is 1. The summed E-state index contributed by atoms with van der Waals surface area (Å²) in [6.07, 6.45) is 5.12. The fourth-order valence-electron chi connectivity index (χ4n) is 2.37. The lowest BCUT2D eigenvalue weighted by Crippen LogP contribution is -2.17. The number of alkyl halides is 1. The molecule has 0 spiro atoms. The Kier molecular flexibility index (Phi) is 3.20. The largest absolute Gasteiger partial charge is 0.0928 e. The van der Waals surface area contributed by atoms with Gasteiger partial charge in [-0.1, -0.05) is 48.0 Å². The lowest BCUT2D eigenvalue weighted by molar-refractivity contribution is 0.512. The molecule has 82 valence electrons. The summed E-state index contributed by atoms with van der Waals surface area (Å²) in [6.45, 7) is 4.68. The van der Waals surface area contributed by atoms with E-state index in [-0.39, 0.29) is 0 Å². The van der Waals surface area contributed by atoms with Crippen molar-refractivity contribution in [2.45, 2.75) is 44.9 Å². The highest BCUT2D eigenvalue weighted by molar-refractivity contribution is 9.09. The van der Waals surface area contributed by atoms with Gasteiger partial charge in [-0.2, -0.15) is 0 Å². The molecule has 0 heterocycles. The summed E-state index contributed by atoms with van der Waals surface area (Å²) in [4.78, 5) is 0. The first-order valence-corrected chi connectivity index (χ1v) is 6.94. The number of fused-ring (bicyclic) bond motifs is 1. The van der Waals surface area contributed by atoms with E-state index in [0.29, 0.717) is 5.41 Å². The van der Waals surface area contributed by atoms with E-state index in [1.807, 2.05) is 0 Å². The first-order valence-electron chi connectivity index (χ1n) is 5.82. The van der Waals surface area contributed by atoms with Crippen molar-refractivity contribution < 1.29 is 0 Å². The summed E-state index contributed by atoms with van der Waals surface area (Å²) in [5.41, 5.74) is 4.98. The molecule has 0 aromatic heterocycles. The third kappa shape index (κ3) is 2.28. The molecule has 0 radical (unpaired) electrons. The van der Waals surface area contributed by atoms with Gasteiger partial charge in [0.15, 0.2) is 0 Å². The van der Waals surface area contributed by atoms with Crippen LogP contribution in [-0.2, 0) is 18.3 Å². The van der Waals surface area contributed by atoms with E-state index >= 15 is 0 Å². The molecule has 2 rings (SSSR count). The van der Waals surface area contributed by atoms with Crippen molar-refractivity contribution in [3.63, 3.8) is 0 Å². The van der Waals surface area contributed by atoms with E-state index in [9.17, 15) is 0 Å². The highest BCUT2D eigenvalue weighted by Gasteiger charge is 2.21. The Bertz CT molecular complexity index is 352. The highest BCUT2D eigenvalue weighted by Crippen LogP contribution is 2.31. The average molecular weight is 267 g/mol. The Morgan fingerprint density at radius 3 is 2.67 bits per heavy atom. The maximum absolute atomic E-state index is 3.54. The second kappa shape index (κ2) is 4.29. The van der Waals surface area contributed by atoms with Gasteiger partial charge in [-0.15, -0.1) is 0 Å². The maximum Gasteiger partial charge on any atom is 0.00395 e. The summed E-state index contributed by atoms with van der Waals surface area (Å²) >= 11 is 3.54. The van der Waals surface area contributed by atoms with E-state index in [1.165, 1.54) is 31.2 Å². The molecule has 0 bridgehead atoms. The molecule has 1 heteroatoms. The van der Waals surface area contributed by atoms with Crippen LogP contribution in [0.5, 0.6) is 0 Å². The van der Waals surface area contributed by atoms with Crippen molar-refractivity contribution in [1.82, 2.24) is 0 Å². The van der Waals surface area contributed by atoms with Crippen LogP contribution < -0.4 is 0 Å². The molecule has 1 aliphatic carbocycles. The summed E-state index contributed by atoms with van der Waals surface area (Å²) in [7, 11) is 0. The third-order valence-corrected chi connectivity index (χ3v) is 4.00. The number of benzene rings is 1. The molecule has 1 aromatic carbocycles. The predicted octanol–water partition coefficient (Wildman–Crippen LogP) is 4.24. The zero-order chi connectivity index (χ0) is 10.9. The van der Waals surface area contributed by atoms with Crippen molar-refractivity contribution in [1.29, 1.82) is 0 Å². The van der Waals surface area contributed by atoms with Gasteiger partial charge in [0, 0.05) is 5.33 Å². The van der Waals surface area contributed by atoms with Gasteiger partial charge in [0.2, 0.25) is 0 Å². The topological polar surface area (TPSA) is 0 Å². The molecule has 0 saturated heterocycles. The molecular weight excluding hydrogens is 248 g/mol. The molecule has 1 aliphatic rings. The maximum atomic E-state index is 3.54. The van der Waals surface area contributed by atoms with Crippen molar-refractivity contribution in [2.75, 3.05) is 5.33 Å². The van der Waals surface area contributed by atoms with Gasteiger partial charge < -0.3 is 0 Å². The number of rotatable bonds is 3. The summed E-state index contributed by atoms with van der Waals surface area (Å²) in [5, 5.41) is 1.08. The second-order valence-electron chi connectivity index (χ2n) is 5.16. The highest BCUT2D eigenvalue weighted by atomic mass is 79.9. The predicted molar refractivity (Wildman–Crippen MR) is 69.9 cm³/mol. The Balaban J connectivity index is 2.29. The van der Waals surface area contributed by atoms with Crippen LogP contribution in [0, 0.1) is 0 Å². The minimum atomic E-state index is 0.307. The van der Waals surface area contributed by atoms with Gasteiger partial charge in [0.1, 0.15) is 0 Å². The first-order chi connectivity index (χ1) is 7.13. The SMILES string of the molecule is CC(C)(CCBr)c1ccc2c(c1)CCC2. The van der Waals surface area contributed by atoms with Gasteiger partial charge in [-0.3, -0.25) is 0 Å². The fraction of sp³-hybridized carbons (Fsp3) is 0.571. The lowest BCUT2D eigenvalue weighted by Gasteiger charge is -2.25. The van der Waals surface area contributed by atoms with Crippen molar-refractivity contribution >= 4 is 15.9 Å². The van der Waals surface area contributed by atoms with E-state index in [4.69, 9.17) is 0 Å². The second-order valence-corrected chi connectivity index (χ2v) is 5.95. The first kappa shape index (κ1) is 11.2. The molecular formula is C14H19Br. The van der Waals surface area contributed by atoms with Crippen LogP contribution in [0.15, 0.2) is 18.2 Å². The van der Waals surface area contributed by atoms with Gasteiger partial charge >= 0.3 is 0 Å². The van der Waals surface area contributed by atoms with Crippen molar-refractivity contribution in [3.8, 4) is 0 Å². The molecule has 0 fully saturated rings. The molecule has 0 nitrogen and oxygen atoms in total. The zero-order valence-electron chi connectivity index (χ0n) is 9.65. The summed E-state index contributed by atoms with van der Waals surface area (Å²) in [5.74, 6) is 0. The van der Waals surface area contributed by atoms with Gasteiger partial charge in [0.25, 0.3) is 0 Å². The molecule has 0 atom stereocenters. The smallest absolute Gasteiger partial charge is 0.00395 e. The van der Waals surface area contributed by atoms with Gasteiger partial charge in [-0.25, -0.2) is 0 Å². The molecule has 0 saturated carbocycles. The minimum Gasteiger partial charge on any atom is -0.0928 e. The van der Waals surface area contributed by atoms with Crippen molar-refractivity contribution in [3.05, 3.63) is 34.9 Å². The quantitative estimate of drug-likeness (QED) is 0.719. The van der Waals surface area contributed by atoms with E-state index in [2.05, 4.69) is 48.0 Å². The molecule has 15 heavy (non-hydrogen) atoms. The zero-order valence-corrected chi connectivity index (χ0v) is 11.2. The van der Waals surface area contributed by atoms with E-state index in [1.54, 1.807) is 11.1 Å². The summed E-state index contributed by atoms with van der Waals surface area (Å²) < 4.78 is 0.